The number of carboxylic acid groups (broad SMARTS) is 1. The lowest BCUT2D eigenvalue weighted by atomic mass is 9.85. The highest BCUT2D eigenvalue weighted by atomic mass is 19.4. The second-order valence-corrected chi connectivity index (χ2v) is 11.1. The van der Waals surface area contributed by atoms with E-state index in [0.29, 0.717) is 43.9 Å². The summed E-state index contributed by atoms with van der Waals surface area (Å²) in [6, 6.07) is 9.27. The molecule has 3 atom stereocenters. The van der Waals surface area contributed by atoms with Gasteiger partial charge in [0.2, 0.25) is 0 Å². The summed E-state index contributed by atoms with van der Waals surface area (Å²) in [7, 11) is 0. The molecule has 11 heteroatoms. The predicted molar refractivity (Wildman–Crippen MR) is 139 cm³/mol. The maximum absolute atomic E-state index is 13.9. The Balaban J connectivity index is 1.18. The van der Waals surface area contributed by atoms with Gasteiger partial charge in [-0.3, -0.25) is 9.69 Å². The van der Waals surface area contributed by atoms with Gasteiger partial charge in [0.05, 0.1) is 17.7 Å². The molecule has 3 fully saturated rings. The Hall–Kier alpha value is -3.18. The number of hydrogen-bond acceptors (Lipinski definition) is 5. The van der Waals surface area contributed by atoms with Gasteiger partial charge in [-0.05, 0) is 74.4 Å². The van der Waals surface area contributed by atoms with Crippen LogP contribution in [0.5, 0.6) is 0 Å². The normalized spacial score (nSPS) is 26.0. The second kappa shape index (κ2) is 11.0. The molecule has 1 aliphatic carbocycles. The SMILES string of the molecule is CC1CN(C2CC[C@@](C(=O)NCc3cccc(C(F)(F)F)c3)(C3CC3)OC2)CCN1c1ccc(F)c(C(=O)O)c1. The van der Waals surface area contributed by atoms with Crippen molar-refractivity contribution in [2.45, 2.75) is 63.0 Å². The van der Waals surface area contributed by atoms with E-state index in [1.165, 1.54) is 18.2 Å². The Morgan fingerprint density at radius 3 is 2.52 bits per heavy atom. The van der Waals surface area contributed by atoms with Crippen LogP contribution in [-0.4, -0.2) is 65.8 Å². The van der Waals surface area contributed by atoms with Crippen LogP contribution in [0.2, 0.25) is 0 Å². The number of alkyl halides is 3. The smallest absolute Gasteiger partial charge is 0.416 e. The van der Waals surface area contributed by atoms with Gasteiger partial charge in [0.1, 0.15) is 11.4 Å². The van der Waals surface area contributed by atoms with Crippen LogP contribution in [0.15, 0.2) is 42.5 Å². The van der Waals surface area contributed by atoms with Crippen LogP contribution in [-0.2, 0) is 22.3 Å². The number of rotatable bonds is 7. The Labute approximate surface area is 230 Å². The van der Waals surface area contributed by atoms with Gasteiger partial charge in [-0.25, -0.2) is 9.18 Å². The fourth-order valence-electron chi connectivity index (χ4n) is 6.05. The number of hydrogen-bond donors (Lipinski definition) is 2. The molecule has 2 N–H and O–H groups in total. The Morgan fingerprint density at radius 1 is 1.12 bits per heavy atom. The van der Waals surface area contributed by atoms with Gasteiger partial charge in [-0.1, -0.05) is 12.1 Å². The van der Waals surface area contributed by atoms with E-state index >= 15 is 0 Å². The summed E-state index contributed by atoms with van der Waals surface area (Å²) in [6.45, 7) is 4.45. The third-order valence-electron chi connectivity index (χ3n) is 8.40. The van der Waals surface area contributed by atoms with Crippen molar-refractivity contribution in [2.24, 2.45) is 5.92 Å². The molecule has 1 amide bonds. The third kappa shape index (κ3) is 5.81. The first-order valence-electron chi connectivity index (χ1n) is 13.6. The number of carboxylic acids is 1. The standard InChI is InChI=1S/C29H33F4N3O4/c1-18-16-35(11-12-36(18)22-7-8-25(30)24(14-22)26(37)38)23-9-10-28(40-17-23,20-5-6-20)27(39)34-15-19-3-2-4-21(13-19)29(31,32)33/h2-4,7-8,13-14,18,20,23H,5-6,9-12,15-17H2,1H3,(H,34,39)(H,37,38)/t18?,23?,28-/m0/s1. The van der Waals surface area contributed by atoms with E-state index in [1.807, 2.05) is 6.92 Å². The van der Waals surface area contributed by atoms with Gasteiger partial charge < -0.3 is 20.1 Å². The number of carbonyl (C=O) groups is 2. The predicted octanol–water partition coefficient (Wildman–Crippen LogP) is 4.70. The van der Waals surface area contributed by atoms with E-state index in [9.17, 15) is 32.3 Å². The maximum Gasteiger partial charge on any atom is 0.416 e. The first-order valence-corrected chi connectivity index (χ1v) is 13.6. The van der Waals surface area contributed by atoms with Gasteiger partial charge in [0.25, 0.3) is 5.91 Å². The van der Waals surface area contributed by atoms with Gasteiger partial charge in [-0.15, -0.1) is 0 Å². The lowest BCUT2D eigenvalue weighted by molar-refractivity contribution is -0.165. The van der Waals surface area contributed by atoms with Crippen molar-refractivity contribution in [3.05, 3.63) is 65.0 Å². The number of nitrogens with one attached hydrogen (secondary N) is 1. The lowest BCUT2D eigenvalue weighted by Crippen LogP contribution is -2.60. The Bertz CT molecular complexity index is 1260. The molecule has 0 bridgehead atoms. The van der Waals surface area contributed by atoms with Crippen LogP contribution in [0.25, 0.3) is 0 Å². The molecule has 2 saturated heterocycles. The second-order valence-electron chi connectivity index (χ2n) is 11.1. The molecule has 40 heavy (non-hydrogen) atoms. The highest BCUT2D eigenvalue weighted by Gasteiger charge is 2.54. The highest BCUT2D eigenvalue weighted by Crippen LogP contribution is 2.47. The van der Waals surface area contributed by atoms with E-state index in [1.54, 1.807) is 12.1 Å². The van der Waals surface area contributed by atoms with E-state index < -0.39 is 29.1 Å². The molecule has 1 saturated carbocycles. The van der Waals surface area contributed by atoms with Crippen LogP contribution >= 0.6 is 0 Å². The fraction of sp³-hybridized carbons (Fsp3) is 0.517. The highest BCUT2D eigenvalue weighted by molar-refractivity contribution is 5.89. The van der Waals surface area contributed by atoms with Gasteiger partial charge in [-0.2, -0.15) is 13.2 Å². The van der Waals surface area contributed by atoms with Crippen molar-refractivity contribution in [3.63, 3.8) is 0 Å². The maximum atomic E-state index is 13.9. The minimum absolute atomic E-state index is 0.00351. The molecule has 2 aromatic carbocycles. The summed E-state index contributed by atoms with van der Waals surface area (Å²) < 4.78 is 59.4. The zero-order chi connectivity index (χ0) is 28.7. The summed E-state index contributed by atoms with van der Waals surface area (Å²) in [5, 5.41) is 12.1. The van der Waals surface area contributed by atoms with E-state index in [4.69, 9.17) is 4.74 Å². The molecule has 0 spiro atoms. The molecule has 0 aromatic heterocycles. The molecule has 5 rings (SSSR count). The first kappa shape index (κ1) is 28.4. The molecular weight excluding hydrogens is 530 g/mol. The summed E-state index contributed by atoms with van der Waals surface area (Å²) in [4.78, 5) is 29.1. The van der Waals surface area contributed by atoms with Crippen molar-refractivity contribution in [1.29, 1.82) is 0 Å². The average Bonchev–Trinajstić information content (AvgIpc) is 3.78. The van der Waals surface area contributed by atoms with Crippen LogP contribution in [0, 0.1) is 11.7 Å². The van der Waals surface area contributed by atoms with Crippen molar-refractivity contribution in [1.82, 2.24) is 10.2 Å². The van der Waals surface area contributed by atoms with Gasteiger partial charge in [0.15, 0.2) is 0 Å². The zero-order valence-corrected chi connectivity index (χ0v) is 22.2. The van der Waals surface area contributed by atoms with Gasteiger partial charge in [0, 0.05) is 44.0 Å². The van der Waals surface area contributed by atoms with Crippen molar-refractivity contribution >= 4 is 17.6 Å². The number of aromatic carboxylic acids is 1. The lowest BCUT2D eigenvalue weighted by Gasteiger charge is -2.48. The number of nitrogens with zero attached hydrogens (tertiary/aromatic N) is 2. The molecule has 216 valence electrons. The van der Waals surface area contributed by atoms with Crippen LogP contribution in [0.4, 0.5) is 23.2 Å². The minimum atomic E-state index is -4.44. The summed E-state index contributed by atoms with van der Waals surface area (Å²) in [6.07, 6.45) is -1.40. The average molecular weight is 564 g/mol. The molecule has 2 aliphatic heterocycles. The van der Waals surface area contributed by atoms with E-state index in [2.05, 4.69) is 15.1 Å². The number of carbonyl (C=O) groups excluding carboxylic acids is 1. The van der Waals surface area contributed by atoms with Crippen molar-refractivity contribution < 1.29 is 37.0 Å². The zero-order valence-electron chi connectivity index (χ0n) is 22.2. The number of ether oxygens (including phenoxy) is 1. The largest absolute Gasteiger partial charge is 0.478 e. The molecule has 2 aromatic rings. The van der Waals surface area contributed by atoms with Gasteiger partial charge >= 0.3 is 12.1 Å². The summed E-state index contributed by atoms with van der Waals surface area (Å²) >= 11 is 0. The molecule has 2 heterocycles. The Kier molecular flexibility index (Phi) is 7.80. The number of benzene rings is 2. The first-order chi connectivity index (χ1) is 19.0. The Morgan fingerprint density at radius 2 is 1.90 bits per heavy atom. The van der Waals surface area contributed by atoms with Crippen LogP contribution in [0.3, 0.4) is 0 Å². The molecule has 7 nitrogen and oxygen atoms in total. The molecule has 2 unspecified atom stereocenters. The van der Waals surface area contributed by atoms with Crippen molar-refractivity contribution in [3.8, 4) is 0 Å². The van der Waals surface area contributed by atoms with E-state index in [0.717, 1.165) is 31.4 Å². The van der Waals surface area contributed by atoms with Crippen LogP contribution < -0.4 is 10.2 Å². The van der Waals surface area contributed by atoms with Crippen LogP contribution in [0.1, 0.15) is 54.1 Å². The fourth-order valence-corrected chi connectivity index (χ4v) is 6.05. The summed E-state index contributed by atoms with van der Waals surface area (Å²) in [5.74, 6) is -2.23. The molecule has 3 aliphatic rings. The topological polar surface area (TPSA) is 82.1 Å². The monoisotopic (exact) mass is 563 g/mol. The third-order valence-corrected chi connectivity index (χ3v) is 8.40. The quantitative estimate of drug-likeness (QED) is 0.476. The minimum Gasteiger partial charge on any atom is -0.478 e. The van der Waals surface area contributed by atoms with Crippen molar-refractivity contribution in [2.75, 3.05) is 31.1 Å². The number of piperazine rings is 1. The molecule has 0 radical (unpaired) electrons. The molecular formula is C29H33F4N3O4. The number of anilines is 1. The number of halogens is 4. The summed E-state index contributed by atoms with van der Waals surface area (Å²) in [5.41, 5.74) is -1.02. The van der Waals surface area contributed by atoms with E-state index in [-0.39, 0.29) is 36.0 Å². The number of amides is 1.